The zero-order chi connectivity index (χ0) is 19.8. The molecule has 3 rings (SSSR count). The Hall–Kier alpha value is -3.00. The van der Waals surface area contributed by atoms with Crippen LogP contribution in [0.1, 0.15) is 18.3 Å². The second kappa shape index (κ2) is 9.80. The summed E-state index contributed by atoms with van der Waals surface area (Å²) in [4.78, 5) is 16.5. The minimum absolute atomic E-state index is 0.113. The Labute approximate surface area is 168 Å². The molecule has 3 N–H and O–H groups in total. The van der Waals surface area contributed by atoms with Crippen molar-refractivity contribution in [1.82, 2.24) is 15.2 Å². The first kappa shape index (κ1) is 19.8. The quantitative estimate of drug-likeness (QED) is 0.475. The van der Waals surface area contributed by atoms with E-state index < -0.39 is 0 Å². The van der Waals surface area contributed by atoms with E-state index in [-0.39, 0.29) is 11.7 Å². The number of aromatic amines is 1. The third-order valence-corrected chi connectivity index (χ3v) is 4.65. The maximum absolute atomic E-state index is 12.1. The summed E-state index contributed by atoms with van der Waals surface area (Å²) in [6.07, 6.45) is 0. The molecule has 0 saturated carbocycles. The number of nitrogens with zero attached hydrogens (tertiary/aromatic N) is 2. The highest BCUT2D eigenvalue weighted by molar-refractivity contribution is 7.99. The number of carbonyl (C=O) groups excluding carboxylic acids is 1. The minimum atomic E-state index is -0.113. The smallest absolute Gasteiger partial charge is 0.234 e. The molecule has 0 bridgehead atoms. The molecule has 0 aliphatic carbocycles. The molecule has 0 radical (unpaired) electrons. The van der Waals surface area contributed by atoms with Crippen molar-refractivity contribution in [3.8, 4) is 5.75 Å². The Bertz CT molecular complexity index is 894. The van der Waals surface area contributed by atoms with Crippen molar-refractivity contribution in [2.24, 2.45) is 0 Å². The lowest BCUT2D eigenvalue weighted by atomic mass is 10.2. The van der Waals surface area contributed by atoms with Gasteiger partial charge in [-0.3, -0.25) is 9.89 Å². The molecular formula is C20H23N5O2S. The topological polar surface area (TPSA) is 91.9 Å². The van der Waals surface area contributed by atoms with Crippen LogP contribution in [0.2, 0.25) is 0 Å². The van der Waals surface area contributed by atoms with Crippen molar-refractivity contribution >= 4 is 29.0 Å². The van der Waals surface area contributed by atoms with Gasteiger partial charge in [0.15, 0.2) is 0 Å². The van der Waals surface area contributed by atoms with Crippen LogP contribution in [0.15, 0.2) is 53.7 Å². The van der Waals surface area contributed by atoms with Crippen LogP contribution in [0.5, 0.6) is 5.75 Å². The third-order valence-electron chi connectivity index (χ3n) is 3.80. The van der Waals surface area contributed by atoms with E-state index in [4.69, 9.17) is 4.74 Å². The Balaban J connectivity index is 1.43. The minimum Gasteiger partial charge on any atom is -0.494 e. The number of aromatic nitrogens is 3. The number of hydrogen-bond acceptors (Lipinski definition) is 6. The molecule has 0 aliphatic rings. The molecule has 0 saturated heterocycles. The van der Waals surface area contributed by atoms with Crippen LogP contribution in [-0.2, 0) is 11.3 Å². The molecule has 1 amide bonds. The van der Waals surface area contributed by atoms with E-state index in [1.165, 1.54) is 17.3 Å². The van der Waals surface area contributed by atoms with Gasteiger partial charge in [0.05, 0.1) is 18.9 Å². The summed E-state index contributed by atoms with van der Waals surface area (Å²) in [5.74, 6) is 1.62. The molecule has 0 atom stereocenters. The summed E-state index contributed by atoms with van der Waals surface area (Å²) in [6, 6.07) is 15.4. The van der Waals surface area contributed by atoms with E-state index in [9.17, 15) is 4.79 Å². The summed E-state index contributed by atoms with van der Waals surface area (Å²) < 4.78 is 5.38. The predicted molar refractivity (Wildman–Crippen MR) is 112 cm³/mol. The number of anilines is 2. The fourth-order valence-electron chi connectivity index (χ4n) is 2.41. The van der Waals surface area contributed by atoms with Crippen molar-refractivity contribution in [2.45, 2.75) is 25.5 Å². The van der Waals surface area contributed by atoms with E-state index in [0.29, 0.717) is 18.3 Å². The standard InChI is InChI=1S/C20H23N5O2S/c1-3-27-17-10-8-16(9-11-17)22-19(26)13-28-20-23-18(24-25-20)12-21-15-6-4-14(2)5-7-15/h4-11,21H,3,12-13H2,1-2H3,(H,22,26)(H,23,24,25). The molecular weight excluding hydrogens is 374 g/mol. The van der Waals surface area contributed by atoms with Crippen LogP contribution in [-0.4, -0.2) is 33.4 Å². The zero-order valence-electron chi connectivity index (χ0n) is 15.9. The number of hydrogen-bond donors (Lipinski definition) is 3. The van der Waals surface area contributed by atoms with Gasteiger partial charge in [-0.25, -0.2) is 4.98 Å². The van der Waals surface area contributed by atoms with Gasteiger partial charge in [-0.05, 0) is 50.2 Å². The van der Waals surface area contributed by atoms with Gasteiger partial charge in [0, 0.05) is 11.4 Å². The van der Waals surface area contributed by atoms with Crippen LogP contribution < -0.4 is 15.4 Å². The molecule has 8 heteroatoms. The van der Waals surface area contributed by atoms with Crippen molar-refractivity contribution in [3.63, 3.8) is 0 Å². The molecule has 2 aromatic carbocycles. The molecule has 7 nitrogen and oxygen atoms in total. The second-order valence-electron chi connectivity index (χ2n) is 6.08. The lowest BCUT2D eigenvalue weighted by molar-refractivity contribution is -0.113. The van der Waals surface area contributed by atoms with Gasteiger partial charge in [0.1, 0.15) is 11.6 Å². The Morgan fingerprint density at radius 1 is 1.11 bits per heavy atom. The third kappa shape index (κ3) is 6.02. The number of aryl methyl sites for hydroxylation is 1. The first-order valence-corrected chi connectivity index (χ1v) is 9.98. The number of nitrogens with one attached hydrogen (secondary N) is 3. The molecule has 28 heavy (non-hydrogen) atoms. The normalized spacial score (nSPS) is 10.5. The first-order valence-electron chi connectivity index (χ1n) is 8.99. The van der Waals surface area contributed by atoms with Gasteiger partial charge in [0.2, 0.25) is 11.1 Å². The van der Waals surface area contributed by atoms with Crippen LogP contribution in [0.3, 0.4) is 0 Å². The second-order valence-corrected chi connectivity index (χ2v) is 7.02. The van der Waals surface area contributed by atoms with Gasteiger partial charge >= 0.3 is 0 Å². The highest BCUT2D eigenvalue weighted by Gasteiger charge is 2.08. The molecule has 146 valence electrons. The van der Waals surface area contributed by atoms with Gasteiger partial charge in [0.25, 0.3) is 0 Å². The summed E-state index contributed by atoms with van der Waals surface area (Å²) in [5.41, 5.74) is 2.96. The van der Waals surface area contributed by atoms with Crippen molar-refractivity contribution in [3.05, 3.63) is 59.9 Å². The molecule has 0 unspecified atom stereocenters. The Morgan fingerprint density at radius 3 is 2.54 bits per heavy atom. The van der Waals surface area contributed by atoms with E-state index in [1.54, 1.807) is 0 Å². The summed E-state index contributed by atoms with van der Waals surface area (Å²) in [6.45, 7) is 5.13. The number of ether oxygens (including phenoxy) is 1. The number of rotatable bonds is 9. The van der Waals surface area contributed by atoms with Crippen molar-refractivity contribution in [1.29, 1.82) is 0 Å². The number of amides is 1. The fourth-order valence-corrected chi connectivity index (χ4v) is 3.02. The Morgan fingerprint density at radius 2 is 1.82 bits per heavy atom. The van der Waals surface area contributed by atoms with Gasteiger partial charge < -0.3 is 15.4 Å². The molecule has 1 heterocycles. The van der Waals surface area contributed by atoms with Crippen molar-refractivity contribution < 1.29 is 9.53 Å². The zero-order valence-corrected chi connectivity index (χ0v) is 16.7. The number of carbonyl (C=O) groups is 1. The molecule has 0 fully saturated rings. The summed E-state index contributed by atoms with van der Waals surface area (Å²) in [5, 5.41) is 13.7. The summed E-state index contributed by atoms with van der Waals surface area (Å²) in [7, 11) is 0. The van der Waals surface area contributed by atoms with Gasteiger partial charge in [-0.2, -0.15) is 0 Å². The molecule has 0 spiro atoms. The Kier molecular flexibility index (Phi) is 6.91. The molecule has 1 aromatic heterocycles. The van der Waals surface area contributed by atoms with E-state index in [1.807, 2.05) is 55.5 Å². The van der Waals surface area contributed by atoms with Crippen molar-refractivity contribution in [2.75, 3.05) is 23.0 Å². The maximum Gasteiger partial charge on any atom is 0.234 e. The van der Waals surface area contributed by atoms with Gasteiger partial charge in [-0.1, -0.05) is 29.5 Å². The largest absolute Gasteiger partial charge is 0.494 e. The van der Waals surface area contributed by atoms with E-state index >= 15 is 0 Å². The van der Waals surface area contributed by atoms with Crippen LogP contribution in [0.25, 0.3) is 0 Å². The highest BCUT2D eigenvalue weighted by atomic mass is 32.2. The number of H-pyrrole nitrogens is 1. The van der Waals surface area contributed by atoms with E-state index in [2.05, 4.69) is 32.7 Å². The van der Waals surface area contributed by atoms with Crippen LogP contribution in [0.4, 0.5) is 11.4 Å². The maximum atomic E-state index is 12.1. The molecule has 3 aromatic rings. The monoisotopic (exact) mass is 397 g/mol. The first-order chi connectivity index (χ1) is 13.6. The average Bonchev–Trinajstić information content (AvgIpc) is 3.16. The number of thioether (sulfide) groups is 1. The summed E-state index contributed by atoms with van der Waals surface area (Å²) >= 11 is 1.29. The number of benzene rings is 2. The lowest BCUT2D eigenvalue weighted by Crippen LogP contribution is -2.14. The fraction of sp³-hybridized carbons (Fsp3) is 0.250. The molecule has 0 aliphatic heterocycles. The predicted octanol–water partition coefficient (Wildman–Crippen LogP) is 3.85. The SMILES string of the molecule is CCOc1ccc(NC(=O)CSc2n[nH]c(CNc3ccc(C)cc3)n2)cc1. The van der Waals surface area contributed by atoms with E-state index in [0.717, 1.165) is 22.9 Å². The highest BCUT2D eigenvalue weighted by Crippen LogP contribution is 2.17. The lowest BCUT2D eigenvalue weighted by Gasteiger charge is -2.06. The van der Waals surface area contributed by atoms with Crippen LogP contribution in [0, 0.1) is 6.92 Å². The van der Waals surface area contributed by atoms with Crippen LogP contribution >= 0.6 is 11.8 Å². The van der Waals surface area contributed by atoms with Gasteiger partial charge in [-0.15, -0.1) is 5.10 Å². The average molecular weight is 398 g/mol.